The first-order valence-electron chi connectivity index (χ1n) is 8.37. The third-order valence-electron chi connectivity index (χ3n) is 4.08. The van der Waals surface area contributed by atoms with Crippen LogP contribution in [0, 0.1) is 12.8 Å². The number of benzene rings is 1. The van der Waals surface area contributed by atoms with Crippen LogP contribution in [-0.4, -0.2) is 5.88 Å². The van der Waals surface area contributed by atoms with Crippen molar-refractivity contribution in [1.82, 2.24) is 0 Å². The summed E-state index contributed by atoms with van der Waals surface area (Å²) in [6.45, 7) is 4.41. The second-order valence-electron chi connectivity index (χ2n) is 6.12. The maximum absolute atomic E-state index is 6.13. The molecule has 0 nitrogen and oxygen atoms in total. The predicted molar refractivity (Wildman–Crippen MR) is 91.7 cm³/mol. The van der Waals surface area contributed by atoms with Crippen LogP contribution in [0.25, 0.3) is 0 Å². The van der Waals surface area contributed by atoms with Gasteiger partial charge in [-0.3, -0.25) is 0 Å². The van der Waals surface area contributed by atoms with Gasteiger partial charge in [0.25, 0.3) is 0 Å². The summed E-state index contributed by atoms with van der Waals surface area (Å²) < 4.78 is 0. The lowest BCUT2D eigenvalue weighted by Crippen LogP contribution is -2.06. The monoisotopic (exact) mass is 294 g/mol. The van der Waals surface area contributed by atoms with Crippen LogP contribution in [0.3, 0.4) is 0 Å². The lowest BCUT2D eigenvalue weighted by molar-refractivity contribution is 0.483. The molecule has 0 amide bonds. The Hall–Kier alpha value is -0.490. The molecule has 1 heteroatoms. The Balaban J connectivity index is 2.14. The van der Waals surface area contributed by atoms with E-state index in [1.807, 2.05) is 0 Å². The lowest BCUT2D eigenvalue weighted by Gasteiger charge is -2.14. The van der Waals surface area contributed by atoms with E-state index in [0.717, 1.165) is 12.3 Å². The van der Waals surface area contributed by atoms with Gasteiger partial charge in [-0.1, -0.05) is 81.7 Å². The molecule has 0 aliphatic heterocycles. The largest absolute Gasteiger partial charge is 0.126 e. The number of hydrogen-bond donors (Lipinski definition) is 0. The van der Waals surface area contributed by atoms with E-state index in [4.69, 9.17) is 11.6 Å². The molecular weight excluding hydrogens is 264 g/mol. The third-order valence-corrected chi connectivity index (χ3v) is 4.52. The average molecular weight is 295 g/mol. The van der Waals surface area contributed by atoms with Crippen molar-refractivity contribution in [1.29, 1.82) is 0 Å². The lowest BCUT2D eigenvalue weighted by atomic mass is 9.94. The second-order valence-corrected chi connectivity index (χ2v) is 6.43. The molecule has 20 heavy (non-hydrogen) atoms. The molecule has 0 aromatic heterocycles. The number of rotatable bonds is 11. The molecule has 0 saturated heterocycles. The first kappa shape index (κ1) is 17.6. The van der Waals surface area contributed by atoms with E-state index in [1.54, 1.807) is 0 Å². The fraction of sp³-hybridized carbons (Fsp3) is 0.684. The predicted octanol–water partition coefficient (Wildman–Crippen LogP) is 6.53. The minimum absolute atomic E-state index is 0.648. The quantitative estimate of drug-likeness (QED) is 0.321. The standard InChI is InChI=1S/C19H31Cl/c1-3-4-5-6-7-8-9-10-19(16-20)15-18-13-11-17(2)12-14-18/h11-14,19H,3-10,15-16H2,1-2H3. The van der Waals surface area contributed by atoms with Crippen molar-refractivity contribution in [3.63, 3.8) is 0 Å². The Morgan fingerprint density at radius 2 is 1.50 bits per heavy atom. The average Bonchev–Trinajstić information content (AvgIpc) is 2.47. The van der Waals surface area contributed by atoms with Gasteiger partial charge in [0.2, 0.25) is 0 Å². The third kappa shape index (κ3) is 7.94. The molecule has 0 aliphatic rings. The first-order valence-corrected chi connectivity index (χ1v) is 8.91. The topological polar surface area (TPSA) is 0 Å². The van der Waals surface area contributed by atoms with Crippen LogP contribution >= 0.6 is 11.6 Å². The molecule has 0 spiro atoms. The van der Waals surface area contributed by atoms with Crippen LogP contribution in [0.2, 0.25) is 0 Å². The summed E-state index contributed by atoms with van der Waals surface area (Å²) in [7, 11) is 0. The smallest absolute Gasteiger partial charge is 0.0254 e. The molecule has 1 atom stereocenters. The molecular formula is C19H31Cl. The van der Waals surface area contributed by atoms with Crippen molar-refractivity contribution in [2.75, 3.05) is 5.88 Å². The molecule has 1 unspecified atom stereocenters. The van der Waals surface area contributed by atoms with Crippen LogP contribution < -0.4 is 0 Å². The maximum Gasteiger partial charge on any atom is 0.0254 e. The molecule has 0 heterocycles. The van der Waals surface area contributed by atoms with Gasteiger partial charge in [0, 0.05) is 5.88 Å². The zero-order valence-corrected chi connectivity index (χ0v) is 14.1. The molecule has 0 bridgehead atoms. The number of aryl methyl sites for hydroxylation is 1. The first-order chi connectivity index (χ1) is 9.76. The van der Waals surface area contributed by atoms with Crippen molar-refractivity contribution < 1.29 is 0 Å². The van der Waals surface area contributed by atoms with E-state index in [9.17, 15) is 0 Å². The van der Waals surface area contributed by atoms with Gasteiger partial charge in [-0.15, -0.1) is 11.6 Å². The fourth-order valence-electron chi connectivity index (χ4n) is 2.68. The molecule has 1 aromatic rings. The van der Waals surface area contributed by atoms with Crippen molar-refractivity contribution in [3.05, 3.63) is 35.4 Å². The van der Waals surface area contributed by atoms with E-state index in [2.05, 4.69) is 38.1 Å². The number of unbranched alkanes of at least 4 members (excludes halogenated alkanes) is 6. The van der Waals surface area contributed by atoms with Gasteiger partial charge >= 0.3 is 0 Å². The summed E-state index contributed by atoms with van der Waals surface area (Å²) in [6.07, 6.45) is 12.1. The van der Waals surface area contributed by atoms with Crippen molar-refractivity contribution in [3.8, 4) is 0 Å². The van der Waals surface area contributed by atoms with Crippen molar-refractivity contribution >= 4 is 11.6 Å². The number of hydrogen-bond acceptors (Lipinski definition) is 0. The molecule has 1 rings (SSSR count). The summed E-state index contributed by atoms with van der Waals surface area (Å²) in [4.78, 5) is 0. The molecule has 0 radical (unpaired) electrons. The molecule has 1 aromatic carbocycles. The van der Waals surface area contributed by atoms with E-state index in [1.165, 1.54) is 62.5 Å². The highest BCUT2D eigenvalue weighted by Crippen LogP contribution is 2.19. The zero-order valence-electron chi connectivity index (χ0n) is 13.3. The van der Waals surface area contributed by atoms with Crippen LogP contribution in [-0.2, 0) is 6.42 Å². The van der Waals surface area contributed by atoms with E-state index in [0.29, 0.717) is 5.92 Å². The molecule has 0 fully saturated rings. The van der Waals surface area contributed by atoms with Gasteiger partial charge in [0.05, 0.1) is 0 Å². The highest BCUT2D eigenvalue weighted by molar-refractivity contribution is 6.18. The fourth-order valence-corrected chi connectivity index (χ4v) is 2.94. The Morgan fingerprint density at radius 1 is 0.900 bits per heavy atom. The molecule has 0 saturated carbocycles. The van der Waals surface area contributed by atoms with Gasteiger partial charge in [-0.25, -0.2) is 0 Å². The Labute approximate surface area is 130 Å². The highest BCUT2D eigenvalue weighted by Gasteiger charge is 2.08. The number of alkyl halides is 1. The van der Waals surface area contributed by atoms with Crippen LogP contribution in [0.1, 0.15) is 69.4 Å². The van der Waals surface area contributed by atoms with Gasteiger partial charge in [0.15, 0.2) is 0 Å². The Morgan fingerprint density at radius 3 is 2.10 bits per heavy atom. The van der Waals surface area contributed by atoms with Crippen LogP contribution in [0.4, 0.5) is 0 Å². The molecule has 114 valence electrons. The van der Waals surface area contributed by atoms with Gasteiger partial charge in [0.1, 0.15) is 0 Å². The molecule has 0 aliphatic carbocycles. The van der Waals surface area contributed by atoms with E-state index in [-0.39, 0.29) is 0 Å². The van der Waals surface area contributed by atoms with Crippen LogP contribution in [0.15, 0.2) is 24.3 Å². The van der Waals surface area contributed by atoms with E-state index < -0.39 is 0 Å². The summed E-state index contributed by atoms with van der Waals surface area (Å²) >= 11 is 6.13. The SMILES string of the molecule is CCCCCCCCCC(CCl)Cc1ccc(C)cc1. The minimum atomic E-state index is 0.648. The molecule has 0 N–H and O–H groups in total. The summed E-state index contributed by atoms with van der Waals surface area (Å²) in [5.41, 5.74) is 2.77. The summed E-state index contributed by atoms with van der Waals surface area (Å²) in [6, 6.07) is 8.90. The van der Waals surface area contributed by atoms with E-state index >= 15 is 0 Å². The Bertz CT molecular complexity index is 328. The van der Waals surface area contributed by atoms with Crippen molar-refractivity contribution in [2.45, 2.75) is 71.6 Å². The zero-order chi connectivity index (χ0) is 14.6. The minimum Gasteiger partial charge on any atom is -0.126 e. The van der Waals surface area contributed by atoms with Gasteiger partial charge in [-0.2, -0.15) is 0 Å². The maximum atomic E-state index is 6.13. The second kappa shape index (κ2) is 11.2. The summed E-state index contributed by atoms with van der Waals surface area (Å²) in [5.74, 6) is 1.44. The van der Waals surface area contributed by atoms with Gasteiger partial charge < -0.3 is 0 Å². The number of halogens is 1. The van der Waals surface area contributed by atoms with Crippen LogP contribution in [0.5, 0.6) is 0 Å². The normalized spacial score (nSPS) is 12.6. The van der Waals surface area contributed by atoms with Crippen molar-refractivity contribution in [2.24, 2.45) is 5.92 Å². The summed E-state index contributed by atoms with van der Waals surface area (Å²) in [5, 5.41) is 0. The Kier molecular flexibility index (Phi) is 9.83. The highest BCUT2D eigenvalue weighted by atomic mass is 35.5. The van der Waals surface area contributed by atoms with Gasteiger partial charge in [-0.05, 0) is 31.2 Å².